The number of carbonyl (C=O) groups is 2. The molecule has 6 nitrogen and oxygen atoms in total. The Balaban J connectivity index is 1.63. The predicted octanol–water partition coefficient (Wildman–Crippen LogP) is 3.43. The summed E-state index contributed by atoms with van der Waals surface area (Å²) in [6.07, 6.45) is 8.16. The Morgan fingerprint density at radius 1 is 1.14 bits per heavy atom. The number of hydrogen-bond donors (Lipinski definition) is 2. The first kappa shape index (κ1) is 20.6. The summed E-state index contributed by atoms with van der Waals surface area (Å²) >= 11 is 0. The van der Waals surface area contributed by atoms with Gasteiger partial charge in [-0.1, -0.05) is 12.8 Å². The van der Waals surface area contributed by atoms with E-state index in [1.807, 2.05) is 4.90 Å². The van der Waals surface area contributed by atoms with Crippen LogP contribution in [0.25, 0.3) is 0 Å². The van der Waals surface area contributed by atoms with Gasteiger partial charge in [-0.2, -0.15) is 0 Å². The summed E-state index contributed by atoms with van der Waals surface area (Å²) in [5.74, 6) is 1.22. The number of amides is 2. The summed E-state index contributed by atoms with van der Waals surface area (Å²) in [5.41, 5.74) is 1.19. The second kappa shape index (κ2) is 10.5. The van der Waals surface area contributed by atoms with Crippen LogP contribution in [0.1, 0.15) is 61.7 Å². The first-order valence-corrected chi connectivity index (χ1v) is 10.7. The van der Waals surface area contributed by atoms with Crippen LogP contribution in [0.2, 0.25) is 0 Å². The number of nitrogens with zero attached hydrogens (tertiary/aromatic N) is 1. The second-order valence-corrected chi connectivity index (χ2v) is 7.90. The van der Waals surface area contributed by atoms with Gasteiger partial charge in [0.1, 0.15) is 5.75 Å². The van der Waals surface area contributed by atoms with Crippen LogP contribution in [0.15, 0.2) is 18.2 Å². The van der Waals surface area contributed by atoms with E-state index in [0.717, 1.165) is 58.3 Å². The zero-order valence-corrected chi connectivity index (χ0v) is 17.0. The van der Waals surface area contributed by atoms with Crippen LogP contribution < -0.4 is 15.4 Å². The highest BCUT2D eigenvalue weighted by Gasteiger charge is 2.20. The predicted molar refractivity (Wildman–Crippen MR) is 111 cm³/mol. The fourth-order valence-electron chi connectivity index (χ4n) is 4.11. The molecule has 0 saturated carbocycles. The van der Waals surface area contributed by atoms with E-state index < -0.39 is 0 Å². The van der Waals surface area contributed by atoms with E-state index in [1.165, 1.54) is 12.8 Å². The summed E-state index contributed by atoms with van der Waals surface area (Å²) in [5, 5.41) is 6.31. The van der Waals surface area contributed by atoms with Crippen molar-refractivity contribution in [1.82, 2.24) is 10.2 Å². The number of rotatable bonds is 6. The zero-order chi connectivity index (χ0) is 19.8. The quantitative estimate of drug-likeness (QED) is 0.785. The maximum absolute atomic E-state index is 12.9. The molecule has 2 saturated heterocycles. The van der Waals surface area contributed by atoms with Crippen molar-refractivity contribution >= 4 is 17.5 Å². The van der Waals surface area contributed by atoms with Crippen molar-refractivity contribution in [2.75, 3.05) is 38.6 Å². The van der Waals surface area contributed by atoms with Gasteiger partial charge in [-0.05, 0) is 69.3 Å². The molecule has 6 heteroatoms. The number of piperidine rings is 1. The van der Waals surface area contributed by atoms with Crippen LogP contribution in [0.4, 0.5) is 5.69 Å². The number of anilines is 1. The highest BCUT2D eigenvalue weighted by molar-refractivity contribution is 5.98. The Morgan fingerprint density at radius 3 is 2.54 bits per heavy atom. The van der Waals surface area contributed by atoms with Gasteiger partial charge in [-0.25, -0.2) is 0 Å². The topological polar surface area (TPSA) is 70.7 Å². The summed E-state index contributed by atoms with van der Waals surface area (Å²) in [6, 6.07) is 5.32. The minimum Gasteiger partial charge on any atom is -0.495 e. The molecule has 2 amide bonds. The van der Waals surface area contributed by atoms with Gasteiger partial charge in [0.05, 0.1) is 12.8 Å². The number of hydrogen-bond acceptors (Lipinski definition) is 4. The lowest BCUT2D eigenvalue weighted by atomic mass is 9.93. The SMILES string of the molecule is COc1ccc(C(=O)N2CCCCCC2)cc1NC(=O)CCC1CCNCC1. The van der Waals surface area contributed by atoms with Crippen molar-refractivity contribution in [2.45, 2.75) is 51.4 Å². The number of nitrogens with one attached hydrogen (secondary N) is 2. The van der Waals surface area contributed by atoms with Crippen molar-refractivity contribution in [3.63, 3.8) is 0 Å². The maximum Gasteiger partial charge on any atom is 0.253 e. The molecule has 2 N–H and O–H groups in total. The number of carbonyl (C=O) groups excluding carboxylic acids is 2. The smallest absolute Gasteiger partial charge is 0.253 e. The third-order valence-corrected chi connectivity index (χ3v) is 5.85. The molecule has 3 rings (SSSR count). The molecule has 0 bridgehead atoms. The molecule has 0 radical (unpaired) electrons. The lowest BCUT2D eigenvalue weighted by Gasteiger charge is -2.22. The summed E-state index contributed by atoms with van der Waals surface area (Å²) in [4.78, 5) is 27.3. The minimum atomic E-state index is -0.0174. The van der Waals surface area contributed by atoms with Gasteiger partial charge < -0.3 is 20.3 Å². The van der Waals surface area contributed by atoms with Gasteiger partial charge >= 0.3 is 0 Å². The van der Waals surface area contributed by atoms with Gasteiger partial charge in [0.25, 0.3) is 5.91 Å². The molecule has 0 atom stereocenters. The number of likely N-dealkylation sites (tertiary alicyclic amines) is 1. The number of ether oxygens (including phenoxy) is 1. The van der Waals surface area contributed by atoms with Crippen molar-refractivity contribution in [3.05, 3.63) is 23.8 Å². The van der Waals surface area contributed by atoms with Crippen LogP contribution >= 0.6 is 0 Å². The van der Waals surface area contributed by atoms with Crippen LogP contribution in [-0.4, -0.2) is 50.0 Å². The molecule has 0 spiro atoms. The van der Waals surface area contributed by atoms with Gasteiger partial charge in [0.15, 0.2) is 0 Å². The van der Waals surface area contributed by atoms with E-state index in [2.05, 4.69) is 10.6 Å². The van der Waals surface area contributed by atoms with Crippen molar-refractivity contribution in [2.24, 2.45) is 5.92 Å². The van der Waals surface area contributed by atoms with E-state index in [9.17, 15) is 9.59 Å². The Labute approximate surface area is 168 Å². The summed E-state index contributed by atoms with van der Waals surface area (Å²) < 4.78 is 5.39. The van der Waals surface area contributed by atoms with E-state index in [4.69, 9.17) is 4.74 Å². The first-order chi connectivity index (χ1) is 13.7. The first-order valence-electron chi connectivity index (χ1n) is 10.7. The standard InChI is InChI=1S/C22H33N3O3/c1-28-20-8-7-18(22(27)25-14-4-2-3-5-15-25)16-19(20)24-21(26)9-6-17-10-12-23-13-11-17/h7-8,16-17,23H,2-6,9-15H2,1H3,(H,24,26). The van der Waals surface area contributed by atoms with E-state index in [-0.39, 0.29) is 11.8 Å². The molecular weight excluding hydrogens is 354 g/mol. The van der Waals surface area contributed by atoms with Crippen LogP contribution in [-0.2, 0) is 4.79 Å². The third kappa shape index (κ3) is 5.71. The average molecular weight is 388 g/mol. The van der Waals surface area contributed by atoms with Gasteiger partial charge in [-0.3, -0.25) is 9.59 Å². The minimum absolute atomic E-state index is 0.0174. The normalized spacial score (nSPS) is 18.4. The molecule has 0 aliphatic carbocycles. The lowest BCUT2D eigenvalue weighted by Crippen LogP contribution is -2.31. The number of methoxy groups -OCH3 is 1. The maximum atomic E-state index is 12.9. The van der Waals surface area contributed by atoms with Gasteiger partial charge in [0.2, 0.25) is 5.91 Å². The van der Waals surface area contributed by atoms with Crippen molar-refractivity contribution in [3.8, 4) is 5.75 Å². The Hall–Kier alpha value is -2.08. The van der Waals surface area contributed by atoms with Gasteiger partial charge in [0, 0.05) is 25.1 Å². The fourth-order valence-corrected chi connectivity index (χ4v) is 4.11. The van der Waals surface area contributed by atoms with Crippen molar-refractivity contribution < 1.29 is 14.3 Å². The Kier molecular flexibility index (Phi) is 7.71. The molecule has 1 aromatic rings. The monoisotopic (exact) mass is 387 g/mol. The molecule has 2 aliphatic heterocycles. The fraction of sp³-hybridized carbons (Fsp3) is 0.636. The lowest BCUT2D eigenvalue weighted by molar-refractivity contribution is -0.116. The average Bonchev–Trinajstić information content (AvgIpc) is 3.02. The van der Waals surface area contributed by atoms with Gasteiger partial charge in [-0.15, -0.1) is 0 Å². The van der Waals surface area contributed by atoms with E-state index >= 15 is 0 Å². The van der Waals surface area contributed by atoms with Crippen molar-refractivity contribution in [1.29, 1.82) is 0 Å². The third-order valence-electron chi connectivity index (χ3n) is 5.85. The largest absolute Gasteiger partial charge is 0.495 e. The molecule has 2 heterocycles. The zero-order valence-electron chi connectivity index (χ0n) is 17.0. The highest BCUT2D eigenvalue weighted by atomic mass is 16.5. The van der Waals surface area contributed by atoms with Crippen LogP contribution in [0.3, 0.4) is 0 Å². The molecule has 0 aromatic heterocycles. The van der Waals surface area contributed by atoms with E-state index in [1.54, 1.807) is 25.3 Å². The molecular formula is C22H33N3O3. The van der Waals surface area contributed by atoms with Crippen LogP contribution in [0.5, 0.6) is 5.75 Å². The highest BCUT2D eigenvalue weighted by Crippen LogP contribution is 2.27. The number of benzene rings is 1. The summed E-state index contributed by atoms with van der Waals surface area (Å²) in [6.45, 7) is 3.70. The molecule has 0 unspecified atom stereocenters. The molecule has 2 fully saturated rings. The Bertz CT molecular complexity index is 663. The van der Waals surface area contributed by atoms with E-state index in [0.29, 0.717) is 29.3 Å². The molecule has 1 aromatic carbocycles. The molecule has 154 valence electrons. The Morgan fingerprint density at radius 2 is 1.86 bits per heavy atom. The molecule has 28 heavy (non-hydrogen) atoms. The summed E-state index contributed by atoms with van der Waals surface area (Å²) in [7, 11) is 1.58. The second-order valence-electron chi connectivity index (χ2n) is 7.90. The van der Waals surface area contributed by atoms with Crippen LogP contribution in [0, 0.1) is 5.92 Å². The molecule has 2 aliphatic rings.